The number of carbonyl (C=O) groups is 2. The summed E-state index contributed by atoms with van der Waals surface area (Å²) in [6.07, 6.45) is -0.346. The lowest BCUT2D eigenvalue weighted by atomic mass is 10.0. The predicted molar refractivity (Wildman–Crippen MR) is 90.8 cm³/mol. The van der Waals surface area contributed by atoms with Crippen molar-refractivity contribution in [2.75, 3.05) is 19.6 Å². The number of carboxylic acids is 1. The summed E-state index contributed by atoms with van der Waals surface area (Å²) in [5.41, 5.74) is 0.213. The number of amides is 1. The predicted octanol–water partition coefficient (Wildman–Crippen LogP) is 2.75. The van der Waals surface area contributed by atoms with Crippen LogP contribution in [0.1, 0.15) is 39.3 Å². The highest BCUT2D eigenvalue weighted by molar-refractivity contribution is 5.75. The zero-order valence-electron chi connectivity index (χ0n) is 14.7. The molecule has 6 heteroatoms. The van der Waals surface area contributed by atoms with Crippen LogP contribution in [-0.4, -0.2) is 58.2 Å². The van der Waals surface area contributed by atoms with Gasteiger partial charge in [0.1, 0.15) is 11.6 Å². The maximum atomic E-state index is 12.3. The van der Waals surface area contributed by atoms with Crippen LogP contribution in [0.15, 0.2) is 30.3 Å². The fourth-order valence-electron chi connectivity index (χ4n) is 2.96. The molecule has 6 nitrogen and oxygen atoms in total. The van der Waals surface area contributed by atoms with Gasteiger partial charge >= 0.3 is 12.1 Å². The number of ether oxygens (including phenoxy) is 1. The summed E-state index contributed by atoms with van der Waals surface area (Å²) >= 11 is 0. The van der Waals surface area contributed by atoms with Gasteiger partial charge in [-0.05, 0) is 33.3 Å². The third-order valence-electron chi connectivity index (χ3n) is 4.00. The van der Waals surface area contributed by atoms with E-state index in [1.165, 1.54) is 0 Å². The number of rotatable bonds is 3. The first-order valence-corrected chi connectivity index (χ1v) is 8.20. The van der Waals surface area contributed by atoms with Crippen LogP contribution in [0.3, 0.4) is 0 Å². The molecule has 1 aromatic carbocycles. The highest BCUT2D eigenvalue weighted by atomic mass is 16.6. The number of aliphatic carboxylic acids is 1. The Balaban J connectivity index is 2.08. The molecular weight excluding hydrogens is 308 g/mol. The molecule has 1 aromatic rings. The number of hydrogen-bond donors (Lipinski definition) is 1. The third-order valence-corrected chi connectivity index (χ3v) is 4.00. The fourth-order valence-corrected chi connectivity index (χ4v) is 2.96. The van der Waals surface area contributed by atoms with Gasteiger partial charge in [-0.3, -0.25) is 9.69 Å². The number of nitrogens with zero attached hydrogens (tertiary/aromatic N) is 2. The lowest BCUT2D eigenvalue weighted by molar-refractivity contribution is -0.144. The maximum Gasteiger partial charge on any atom is 0.410 e. The average molecular weight is 334 g/mol. The van der Waals surface area contributed by atoms with Gasteiger partial charge in [0.2, 0.25) is 0 Å². The summed E-state index contributed by atoms with van der Waals surface area (Å²) < 4.78 is 5.43. The Morgan fingerprint density at radius 1 is 1.21 bits per heavy atom. The number of benzene rings is 1. The van der Waals surface area contributed by atoms with Crippen LogP contribution in [-0.2, 0) is 9.53 Å². The van der Waals surface area contributed by atoms with Crippen LogP contribution >= 0.6 is 0 Å². The van der Waals surface area contributed by atoms with E-state index in [2.05, 4.69) is 0 Å². The molecule has 1 amide bonds. The highest BCUT2D eigenvalue weighted by Crippen LogP contribution is 2.25. The van der Waals surface area contributed by atoms with Crippen LogP contribution in [0.5, 0.6) is 0 Å². The topological polar surface area (TPSA) is 70.1 Å². The van der Waals surface area contributed by atoms with E-state index in [0.717, 1.165) is 5.56 Å². The first-order valence-electron chi connectivity index (χ1n) is 8.20. The molecule has 1 aliphatic heterocycles. The van der Waals surface area contributed by atoms with E-state index in [0.29, 0.717) is 19.6 Å². The smallest absolute Gasteiger partial charge is 0.410 e. The number of carboxylic acid groups (broad SMARTS) is 1. The van der Waals surface area contributed by atoms with E-state index < -0.39 is 17.6 Å². The fraction of sp³-hybridized carbons (Fsp3) is 0.556. The van der Waals surface area contributed by atoms with Gasteiger partial charge in [0, 0.05) is 25.7 Å². The van der Waals surface area contributed by atoms with E-state index >= 15 is 0 Å². The largest absolute Gasteiger partial charge is 0.480 e. The summed E-state index contributed by atoms with van der Waals surface area (Å²) in [6, 6.07) is 8.38. The lowest BCUT2D eigenvalue weighted by Crippen LogP contribution is -2.56. The van der Waals surface area contributed by atoms with Crippen LogP contribution in [0.2, 0.25) is 0 Å². The monoisotopic (exact) mass is 334 g/mol. The van der Waals surface area contributed by atoms with E-state index in [9.17, 15) is 14.7 Å². The summed E-state index contributed by atoms with van der Waals surface area (Å²) in [7, 11) is 0. The van der Waals surface area contributed by atoms with Crippen LogP contribution in [0.25, 0.3) is 0 Å². The quantitative estimate of drug-likeness (QED) is 0.920. The van der Waals surface area contributed by atoms with E-state index in [-0.39, 0.29) is 12.1 Å². The Labute approximate surface area is 143 Å². The molecule has 0 spiro atoms. The molecule has 2 atom stereocenters. The van der Waals surface area contributed by atoms with Crippen molar-refractivity contribution in [3.8, 4) is 0 Å². The minimum absolute atomic E-state index is 0.112. The van der Waals surface area contributed by atoms with Crippen molar-refractivity contribution in [1.29, 1.82) is 0 Å². The second kappa shape index (κ2) is 7.21. The highest BCUT2D eigenvalue weighted by Gasteiger charge is 2.36. The van der Waals surface area contributed by atoms with Crippen LogP contribution in [0, 0.1) is 0 Å². The summed E-state index contributed by atoms with van der Waals surface area (Å²) in [4.78, 5) is 27.6. The van der Waals surface area contributed by atoms with Crippen molar-refractivity contribution < 1.29 is 19.4 Å². The summed E-state index contributed by atoms with van der Waals surface area (Å²) in [6.45, 7) is 8.86. The maximum absolute atomic E-state index is 12.3. The minimum atomic E-state index is -0.876. The van der Waals surface area contributed by atoms with Gasteiger partial charge in [-0.15, -0.1) is 0 Å². The van der Waals surface area contributed by atoms with Crippen molar-refractivity contribution >= 4 is 12.1 Å². The van der Waals surface area contributed by atoms with E-state index in [1.807, 2.05) is 62.9 Å². The number of piperazine rings is 1. The zero-order valence-corrected chi connectivity index (χ0v) is 14.7. The molecule has 1 heterocycles. The third kappa shape index (κ3) is 4.47. The van der Waals surface area contributed by atoms with Crippen LogP contribution in [0.4, 0.5) is 4.79 Å². The zero-order chi connectivity index (χ0) is 17.9. The molecular formula is C18H26N2O4. The molecule has 1 saturated heterocycles. The molecule has 0 aromatic heterocycles. The molecule has 24 heavy (non-hydrogen) atoms. The molecule has 1 aliphatic rings. The molecule has 132 valence electrons. The van der Waals surface area contributed by atoms with Gasteiger partial charge in [0.25, 0.3) is 0 Å². The normalized spacial score (nSPS) is 20.5. The standard InChI is InChI=1S/C18H26N2O4/c1-13-12-19(10-11-20(13)17(23)24-18(2,3)4)15(16(21)22)14-8-6-5-7-9-14/h5-9,13,15H,10-12H2,1-4H3,(H,21,22)/t13-,15+/m1/s1. The Kier molecular flexibility index (Phi) is 5.49. The van der Waals surface area contributed by atoms with Crippen LogP contribution < -0.4 is 0 Å². The Morgan fingerprint density at radius 2 is 1.83 bits per heavy atom. The van der Waals surface area contributed by atoms with Crippen molar-refractivity contribution in [2.24, 2.45) is 0 Å². The Morgan fingerprint density at radius 3 is 2.33 bits per heavy atom. The molecule has 0 aliphatic carbocycles. The first-order chi connectivity index (χ1) is 11.2. The summed E-state index contributed by atoms with van der Waals surface area (Å²) in [5, 5.41) is 9.65. The van der Waals surface area contributed by atoms with Crippen molar-refractivity contribution in [3.63, 3.8) is 0 Å². The number of hydrogen-bond acceptors (Lipinski definition) is 4. The van der Waals surface area contributed by atoms with Gasteiger partial charge in [-0.25, -0.2) is 4.79 Å². The van der Waals surface area contributed by atoms with Crippen molar-refractivity contribution in [3.05, 3.63) is 35.9 Å². The molecule has 2 rings (SSSR count). The Bertz CT molecular complexity index is 582. The van der Waals surface area contributed by atoms with Crippen molar-refractivity contribution in [2.45, 2.75) is 45.4 Å². The molecule has 0 bridgehead atoms. The minimum Gasteiger partial charge on any atom is -0.480 e. The van der Waals surface area contributed by atoms with E-state index in [4.69, 9.17) is 4.74 Å². The molecule has 0 radical (unpaired) electrons. The second-order valence-electron chi connectivity index (χ2n) is 7.17. The molecule has 1 fully saturated rings. The summed E-state index contributed by atoms with van der Waals surface area (Å²) in [5.74, 6) is -0.876. The molecule has 0 saturated carbocycles. The van der Waals surface area contributed by atoms with E-state index in [1.54, 1.807) is 4.90 Å². The average Bonchev–Trinajstić information content (AvgIpc) is 2.46. The Hall–Kier alpha value is -2.08. The lowest BCUT2D eigenvalue weighted by Gasteiger charge is -2.42. The molecule has 1 N–H and O–H groups in total. The second-order valence-corrected chi connectivity index (χ2v) is 7.17. The number of carbonyl (C=O) groups excluding carboxylic acids is 1. The molecule has 0 unspecified atom stereocenters. The van der Waals surface area contributed by atoms with Gasteiger partial charge in [-0.2, -0.15) is 0 Å². The van der Waals surface area contributed by atoms with Gasteiger partial charge in [0.15, 0.2) is 0 Å². The van der Waals surface area contributed by atoms with Gasteiger partial charge in [0.05, 0.1) is 0 Å². The van der Waals surface area contributed by atoms with Gasteiger partial charge in [-0.1, -0.05) is 30.3 Å². The first kappa shape index (κ1) is 18.3. The van der Waals surface area contributed by atoms with Crippen molar-refractivity contribution in [1.82, 2.24) is 9.80 Å². The van der Waals surface area contributed by atoms with Gasteiger partial charge < -0.3 is 14.7 Å². The SMILES string of the molecule is C[C@@H]1CN([C@H](C(=O)O)c2ccccc2)CCN1C(=O)OC(C)(C)C.